The zero-order valence-corrected chi connectivity index (χ0v) is 14.1. The molecule has 0 bridgehead atoms. The molecule has 0 atom stereocenters. The van der Waals surface area contributed by atoms with E-state index in [-0.39, 0.29) is 0 Å². The Morgan fingerprint density at radius 3 is 2.55 bits per heavy atom. The molecule has 1 fully saturated rings. The van der Waals surface area contributed by atoms with Gasteiger partial charge in [-0.3, -0.25) is 0 Å². The highest BCUT2D eigenvalue weighted by Crippen LogP contribution is 2.31. The van der Waals surface area contributed by atoms with Crippen LogP contribution in [-0.4, -0.2) is 46.0 Å². The first kappa shape index (κ1) is 15.3. The van der Waals surface area contributed by atoms with Gasteiger partial charge in [0.1, 0.15) is 17.8 Å². The first-order valence-electron chi connectivity index (χ1n) is 8.31. The van der Waals surface area contributed by atoms with Gasteiger partial charge in [0, 0.05) is 18.3 Å². The Balaban J connectivity index is 1.78. The lowest BCUT2D eigenvalue weighted by atomic mass is 9.90. The highest BCUT2D eigenvalue weighted by atomic mass is 15.1. The predicted octanol–water partition coefficient (Wildman–Crippen LogP) is 3.37. The summed E-state index contributed by atoms with van der Waals surface area (Å²) in [5, 5.41) is 4.83. The van der Waals surface area contributed by atoms with Crippen LogP contribution in [0.4, 0.5) is 5.82 Å². The molecule has 2 heterocycles. The van der Waals surface area contributed by atoms with Crippen molar-refractivity contribution in [3.8, 4) is 0 Å². The number of aromatic nitrogens is 3. The molecule has 0 aromatic carbocycles. The second kappa shape index (κ2) is 6.24. The van der Waals surface area contributed by atoms with Crippen LogP contribution in [-0.2, 0) is 0 Å². The van der Waals surface area contributed by atoms with Gasteiger partial charge in [-0.15, -0.1) is 0 Å². The second-order valence-corrected chi connectivity index (χ2v) is 6.96. The molecule has 0 spiro atoms. The summed E-state index contributed by atoms with van der Waals surface area (Å²) >= 11 is 0. The molecule has 1 aliphatic carbocycles. The topological polar surface area (TPSA) is 56.8 Å². The molecule has 0 radical (unpaired) electrons. The number of hydrogen-bond donors (Lipinski definition) is 2. The van der Waals surface area contributed by atoms with Gasteiger partial charge < -0.3 is 15.2 Å². The van der Waals surface area contributed by atoms with E-state index in [0.29, 0.717) is 12.0 Å². The van der Waals surface area contributed by atoms with Crippen LogP contribution in [0.5, 0.6) is 0 Å². The van der Waals surface area contributed by atoms with Gasteiger partial charge in [-0.1, -0.05) is 13.8 Å². The Kier molecular flexibility index (Phi) is 4.34. The minimum Gasteiger partial charge on any atom is -0.367 e. The van der Waals surface area contributed by atoms with Crippen LogP contribution >= 0.6 is 0 Å². The number of H-pyrrole nitrogens is 1. The number of rotatable bonds is 4. The SMILES string of the molecule is CC(C)c1c[nH]c2ncnc(NC3CCC(N(C)C)CC3)c12. The Morgan fingerprint density at radius 2 is 1.91 bits per heavy atom. The maximum absolute atomic E-state index is 4.52. The number of nitrogens with zero attached hydrogens (tertiary/aromatic N) is 3. The fourth-order valence-electron chi connectivity index (χ4n) is 3.48. The van der Waals surface area contributed by atoms with Crippen molar-refractivity contribution in [2.24, 2.45) is 0 Å². The van der Waals surface area contributed by atoms with E-state index in [0.717, 1.165) is 22.9 Å². The van der Waals surface area contributed by atoms with Crippen LogP contribution in [0.3, 0.4) is 0 Å². The maximum Gasteiger partial charge on any atom is 0.143 e. The molecule has 2 N–H and O–H groups in total. The number of aromatic amines is 1. The smallest absolute Gasteiger partial charge is 0.143 e. The van der Waals surface area contributed by atoms with Crippen LogP contribution in [0.25, 0.3) is 11.0 Å². The molecule has 22 heavy (non-hydrogen) atoms. The Hall–Kier alpha value is -1.62. The van der Waals surface area contributed by atoms with Gasteiger partial charge >= 0.3 is 0 Å². The summed E-state index contributed by atoms with van der Waals surface area (Å²) in [6.45, 7) is 4.42. The third-order valence-corrected chi connectivity index (χ3v) is 4.89. The van der Waals surface area contributed by atoms with Crippen molar-refractivity contribution >= 4 is 16.9 Å². The second-order valence-electron chi connectivity index (χ2n) is 6.96. The average Bonchev–Trinajstić information content (AvgIpc) is 2.93. The van der Waals surface area contributed by atoms with E-state index in [1.165, 1.54) is 31.2 Å². The highest BCUT2D eigenvalue weighted by molar-refractivity contribution is 5.90. The van der Waals surface area contributed by atoms with Crippen molar-refractivity contribution in [3.05, 3.63) is 18.1 Å². The lowest BCUT2D eigenvalue weighted by Gasteiger charge is -2.33. The van der Waals surface area contributed by atoms with E-state index in [4.69, 9.17) is 0 Å². The fourth-order valence-corrected chi connectivity index (χ4v) is 3.48. The molecular weight excluding hydrogens is 274 g/mol. The molecule has 2 aromatic rings. The molecule has 0 amide bonds. The van der Waals surface area contributed by atoms with E-state index >= 15 is 0 Å². The first-order chi connectivity index (χ1) is 10.6. The van der Waals surface area contributed by atoms with Gasteiger partial charge in [-0.05, 0) is 51.3 Å². The minimum absolute atomic E-state index is 0.463. The van der Waals surface area contributed by atoms with Gasteiger partial charge in [-0.25, -0.2) is 9.97 Å². The van der Waals surface area contributed by atoms with Gasteiger partial charge in [0.05, 0.1) is 5.39 Å². The molecule has 3 rings (SSSR count). The summed E-state index contributed by atoms with van der Waals surface area (Å²) in [5.41, 5.74) is 2.23. The predicted molar refractivity (Wildman–Crippen MR) is 91.3 cm³/mol. The molecule has 5 nitrogen and oxygen atoms in total. The number of anilines is 1. The van der Waals surface area contributed by atoms with Crippen molar-refractivity contribution < 1.29 is 0 Å². The Morgan fingerprint density at radius 1 is 1.18 bits per heavy atom. The zero-order chi connectivity index (χ0) is 15.7. The number of hydrogen-bond acceptors (Lipinski definition) is 4. The van der Waals surface area contributed by atoms with E-state index in [1.807, 2.05) is 0 Å². The average molecular weight is 301 g/mol. The van der Waals surface area contributed by atoms with Crippen LogP contribution in [0.15, 0.2) is 12.5 Å². The molecule has 0 unspecified atom stereocenters. The Bertz CT molecular complexity index is 623. The van der Waals surface area contributed by atoms with Gasteiger partial charge in [0.2, 0.25) is 0 Å². The molecule has 1 saturated carbocycles. The van der Waals surface area contributed by atoms with Gasteiger partial charge in [-0.2, -0.15) is 0 Å². The van der Waals surface area contributed by atoms with Gasteiger partial charge in [0.25, 0.3) is 0 Å². The Labute approximate surface area is 132 Å². The molecule has 2 aromatic heterocycles. The van der Waals surface area contributed by atoms with E-state index in [2.05, 4.69) is 59.3 Å². The number of fused-ring (bicyclic) bond motifs is 1. The van der Waals surface area contributed by atoms with Crippen molar-refractivity contribution in [1.82, 2.24) is 19.9 Å². The molecule has 0 aliphatic heterocycles. The van der Waals surface area contributed by atoms with Crippen molar-refractivity contribution in [2.45, 2.75) is 57.5 Å². The molecule has 0 saturated heterocycles. The van der Waals surface area contributed by atoms with Crippen molar-refractivity contribution in [3.63, 3.8) is 0 Å². The van der Waals surface area contributed by atoms with E-state index < -0.39 is 0 Å². The van der Waals surface area contributed by atoms with E-state index in [9.17, 15) is 0 Å². The van der Waals surface area contributed by atoms with Gasteiger partial charge in [0.15, 0.2) is 0 Å². The molecule has 120 valence electrons. The van der Waals surface area contributed by atoms with Crippen LogP contribution in [0.1, 0.15) is 51.0 Å². The summed E-state index contributed by atoms with van der Waals surface area (Å²) in [6, 6.07) is 1.24. The van der Waals surface area contributed by atoms with Crippen LogP contribution in [0, 0.1) is 0 Å². The fraction of sp³-hybridized carbons (Fsp3) is 0.647. The molecular formula is C17H27N5. The summed E-state index contributed by atoms with van der Waals surface area (Å²) in [7, 11) is 4.36. The van der Waals surface area contributed by atoms with E-state index in [1.54, 1.807) is 6.33 Å². The normalized spacial score (nSPS) is 22.6. The van der Waals surface area contributed by atoms with Crippen molar-refractivity contribution in [2.75, 3.05) is 19.4 Å². The number of nitrogens with one attached hydrogen (secondary N) is 2. The zero-order valence-electron chi connectivity index (χ0n) is 14.1. The highest BCUT2D eigenvalue weighted by Gasteiger charge is 2.23. The first-order valence-corrected chi connectivity index (χ1v) is 8.31. The summed E-state index contributed by atoms with van der Waals surface area (Å²) in [5.74, 6) is 1.45. The monoisotopic (exact) mass is 301 g/mol. The lowest BCUT2D eigenvalue weighted by Crippen LogP contribution is -2.36. The summed E-state index contributed by atoms with van der Waals surface area (Å²) in [4.78, 5) is 14.5. The maximum atomic E-state index is 4.52. The summed E-state index contributed by atoms with van der Waals surface area (Å²) in [6.07, 6.45) is 8.63. The van der Waals surface area contributed by atoms with Crippen molar-refractivity contribution in [1.29, 1.82) is 0 Å². The lowest BCUT2D eigenvalue weighted by molar-refractivity contribution is 0.221. The quantitative estimate of drug-likeness (QED) is 0.909. The standard InChI is InChI=1S/C17H27N5/c1-11(2)14-9-18-16-15(14)17(20-10-19-16)21-12-5-7-13(8-6-12)22(3)4/h9-13H,5-8H2,1-4H3,(H2,18,19,20,21). The summed E-state index contributed by atoms with van der Waals surface area (Å²) < 4.78 is 0. The minimum atomic E-state index is 0.463. The molecule has 1 aliphatic rings. The van der Waals surface area contributed by atoms with Crippen LogP contribution in [0.2, 0.25) is 0 Å². The largest absolute Gasteiger partial charge is 0.367 e. The third-order valence-electron chi connectivity index (χ3n) is 4.89. The third kappa shape index (κ3) is 2.95. The molecule has 5 heteroatoms. The van der Waals surface area contributed by atoms with Crippen LogP contribution < -0.4 is 5.32 Å².